The van der Waals surface area contributed by atoms with Gasteiger partial charge in [-0.2, -0.15) is 0 Å². The first-order chi connectivity index (χ1) is 25.6. The second-order valence-corrected chi connectivity index (χ2v) is 13.7. The molecule has 290 valence electrons. The minimum atomic E-state index is -1.33. The molecular formula is C38H50N8O8. The topological polar surface area (TPSA) is 233 Å². The molecule has 4 amide bonds. The van der Waals surface area contributed by atoms with Gasteiger partial charge in [0.2, 0.25) is 11.8 Å². The summed E-state index contributed by atoms with van der Waals surface area (Å²) in [5.74, 6) is -0.0789. The summed E-state index contributed by atoms with van der Waals surface area (Å²) in [6.45, 7) is 11.0. The van der Waals surface area contributed by atoms with Crippen molar-refractivity contribution in [3.63, 3.8) is 0 Å². The van der Waals surface area contributed by atoms with Crippen LogP contribution in [-0.2, 0) is 19.1 Å². The average Bonchev–Trinajstić information content (AvgIpc) is 3.84. The van der Waals surface area contributed by atoms with Gasteiger partial charge in [0.05, 0.1) is 35.7 Å². The van der Waals surface area contributed by atoms with E-state index in [0.717, 1.165) is 22.3 Å². The molecule has 0 bridgehead atoms. The van der Waals surface area contributed by atoms with Gasteiger partial charge in [-0.1, -0.05) is 76.2 Å². The van der Waals surface area contributed by atoms with E-state index in [0.29, 0.717) is 23.0 Å². The molecule has 0 spiro atoms. The number of nitrogens with zero attached hydrogens (tertiary/aromatic N) is 2. The number of hydrogen-bond acceptors (Lipinski definition) is 8. The van der Waals surface area contributed by atoms with E-state index in [-0.39, 0.29) is 11.8 Å². The number of hydrogen-bond donors (Lipinski definition) is 8. The molecule has 0 aliphatic carbocycles. The van der Waals surface area contributed by atoms with Gasteiger partial charge in [0, 0.05) is 37.7 Å². The molecule has 0 radical (unpaired) electrons. The van der Waals surface area contributed by atoms with E-state index >= 15 is 0 Å². The molecule has 2 aromatic heterocycles. The van der Waals surface area contributed by atoms with E-state index < -0.39 is 60.4 Å². The quantitative estimate of drug-likeness (QED) is 0.0712. The SMILES string of the molecule is CO[C@H](C)[C@H](NC(=O)O)C(=O)N[C@H](c1nc(-c2ccc(-c3ccc(-c4c[nH]c([C@@H](NC(=O)[C@@H](NC(=O)O)[C@@H](C)OC)C(C)C)n4)cc3)cc2)c[nH]1)C(C)C. The van der Waals surface area contributed by atoms with Crippen molar-refractivity contribution in [2.75, 3.05) is 14.2 Å². The summed E-state index contributed by atoms with van der Waals surface area (Å²) in [6.07, 6.45) is -0.488. The maximum absolute atomic E-state index is 13.1. The molecule has 16 heteroatoms. The Morgan fingerprint density at radius 3 is 1.15 bits per heavy atom. The lowest BCUT2D eigenvalue weighted by atomic mass is 10.0. The zero-order valence-electron chi connectivity index (χ0n) is 31.6. The predicted molar refractivity (Wildman–Crippen MR) is 201 cm³/mol. The molecule has 0 saturated heterocycles. The maximum Gasteiger partial charge on any atom is 0.405 e. The molecule has 2 aromatic carbocycles. The van der Waals surface area contributed by atoms with Crippen LogP contribution in [0.1, 0.15) is 65.3 Å². The first kappa shape index (κ1) is 41.0. The Bertz CT molecular complexity index is 1740. The van der Waals surface area contributed by atoms with Crippen LogP contribution in [0.5, 0.6) is 0 Å². The van der Waals surface area contributed by atoms with Gasteiger partial charge in [-0.25, -0.2) is 19.6 Å². The van der Waals surface area contributed by atoms with Crippen LogP contribution in [0.15, 0.2) is 60.9 Å². The highest BCUT2D eigenvalue weighted by atomic mass is 16.5. The summed E-state index contributed by atoms with van der Waals surface area (Å²) < 4.78 is 10.4. The van der Waals surface area contributed by atoms with Crippen LogP contribution in [-0.4, -0.2) is 92.7 Å². The highest BCUT2D eigenvalue weighted by Gasteiger charge is 2.32. The van der Waals surface area contributed by atoms with Gasteiger partial charge in [-0.05, 0) is 36.8 Å². The first-order valence-corrected chi connectivity index (χ1v) is 17.6. The number of rotatable bonds is 17. The van der Waals surface area contributed by atoms with Crippen molar-refractivity contribution in [3.8, 4) is 33.6 Å². The molecule has 54 heavy (non-hydrogen) atoms. The lowest BCUT2D eigenvalue weighted by Crippen LogP contribution is -2.53. The highest BCUT2D eigenvalue weighted by Crippen LogP contribution is 2.29. The number of H-pyrrole nitrogens is 2. The van der Waals surface area contributed by atoms with Crippen molar-refractivity contribution in [3.05, 3.63) is 72.6 Å². The second-order valence-electron chi connectivity index (χ2n) is 13.7. The van der Waals surface area contributed by atoms with Crippen LogP contribution < -0.4 is 21.3 Å². The van der Waals surface area contributed by atoms with Gasteiger partial charge in [-0.3, -0.25) is 9.59 Å². The van der Waals surface area contributed by atoms with Crippen molar-refractivity contribution >= 4 is 24.0 Å². The number of benzene rings is 2. The third kappa shape index (κ3) is 10.2. The minimum Gasteiger partial charge on any atom is -0.465 e. The molecular weight excluding hydrogens is 696 g/mol. The summed E-state index contributed by atoms with van der Waals surface area (Å²) in [6, 6.07) is 12.6. The summed E-state index contributed by atoms with van der Waals surface area (Å²) in [7, 11) is 2.82. The summed E-state index contributed by atoms with van der Waals surface area (Å²) in [4.78, 5) is 64.6. The Kier molecular flexibility index (Phi) is 13.9. The molecule has 4 aromatic rings. The third-order valence-corrected chi connectivity index (χ3v) is 9.21. The van der Waals surface area contributed by atoms with E-state index in [1.54, 1.807) is 26.2 Å². The zero-order valence-corrected chi connectivity index (χ0v) is 31.6. The van der Waals surface area contributed by atoms with Crippen LogP contribution in [0.3, 0.4) is 0 Å². The van der Waals surface area contributed by atoms with Gasteiger partial charge in [-0.15, -0.1) is 0 Å². The second kappa shape index (κ2) is 18.3. The molecule has 0 aliphatic heterocycles. The van der Waals surface area contributed by atoms with E-state index in [1.165, 1.54) is 14.2 Å². The number of methoxy groups -OCH3 is 2. The van der Waals surface area contributed by atoms with Crippen LogP contribution in [0.4, 0.5) is 9.59 Å². The number of aromatic nitrogens is 4. The van der Waals surface area contributed by atoms with Gasteiger partial charge >= 0.3 is 12.2 Å². The van der Waals surface area contributed by atoms with E-state index in [2.05, 4.69) is 31.2 Å². The molecule has 0 unspecified atom stereocenters. The standard InChI is InChI=1S/C38H50N8O8/c1-19(2)29(43-35(47)31(21(5)53-7)45-37(49)50)33-39-17-27(41-33)25-13-9-23(10-14-25)24-11-15-26(16-12-24)28-18-40-34(42-28)30(20(3)4)44-36(48)32(22(6)54-8)46-38(51)52/h9-22,29-32,45-46H,1-8H3,(H,39,41)(H,40,42)(H,43,47)(H,44,48)(H,49,50)(H,51,52)/t21-,22-,29+,30+,31+,32+/m1/s1. The summed E-state index contributed by atoms with van der Waals surface area (Å²) >= 11 is 0. The van der Waals surface area contributed by atoms with Crippen molar-refractivity contribution < 1.29 is 38.9 Å². The Labute approximate surface area is 313 Å². The molecule has 6 atom stereocenters. The molecule has 8 N–H and O–H groups in total. The number of ether oxygens (including phenoxy) is 2. The monoisotopic (exact) mass is 746 g/mol. The number of carboxylic acid groups (broad SMARTS) is 2. The van der Waals surface area contributed by atoms with E-state index in [1.807, 2.05) is 76.2 Å². The minimum absolute atomic E-state index is 0.0575. The molecule has 2 heterocycles. The molecule has 4 rings (SSSR count). The zero-order chi connectivity index (χ0) is 39.7. The number of carbonyl (C=O) groups excluding carboxylic acids is 2. The smallest absolute Gasteiger partial charge is 0.405 e. The summed E-state index contributed by atoms with van der Waals surface area (Å²) in [5.41, 5.74) is 5.06. The lowest BCUT2D eigenvalue weighted by molar-refractivity contribution is -0.128. The van der Waals surface area contributed by atoms with Crippen LogP contribution in [0.2, 0.25) is 0 Å². The van der Waals surface area contributed by atoms with Gasteiger partial charge < -0.3 is 50.9 Å². The third-order valence-electron chi connectivity index (χ3n) is 9.21. The van der Waals surface area contributed by atoms with Crippen LogP contribution >= 0.6 is 0 Å². The van der Waals surface area contributed by atoms with Crippen molar-refractivity contribution in [2.24, 2.45) is 11.8 Å². The Morgan fingerprint density at radius 1 is 0.556 bits per heavy atom. The maximum atomic E-state index is 13.1. The number of imidazole rings is 2. The Hall–Kier alpha value is -5.74. The summed E-state index contributed by atoms with van der Waals surface area (Å²) in [5, 5.41) is 28.7. The molecule has 0 aliphatic rings. The van der Waals surface area contributed by atoms with Crippen molar-refractivity contribution in [1.82, 2.24) is 41.2 Å². The van der Waals surface area contributed by atoms with Gasteiger partial charge in [0.1, 0.15) is 23.7 Å². The van der Waals surface area contributed by atoms with Gasteiger partial charge in [0.15, 0.2) is 0 Å². The number of aromatic amines is 2. The predicted octanol–water partition coefficient (Wildman–Crippen LogP) is 5.10. The fourth-order valence-corrected chi connectivity index (χ4v) is 5.87. The van der Waals surface area contributed by atoms with Crippen molar-refractivity contribution in [1.29, 1.82) is 0 Å². The lowest BCUT2D eigenvalue weighted by Gasteiger charge is -2.26. The van der Waals surface area contributed by atoms with Crippen molar-refractivity contribution in [2.45, 2.75) is 77.9 Å². The molecule has 16 nitrogen and oxygen atoms in total. The first-order valence-electron chi connectivity index (χ1n) is 17.6. The number of amides is 4. The Balaban J connectivity index is 1.45. The van der Waals surface area contributed by atoms with Gasteiger partial charge in [0.25, 0.3) is 0 Å². The molecule has 0 fully saturated rings. The van der Waals surface area contributed by atoms with Crippen LogP contribution in [0, 0.1) is 11.8 Å². The fraction of sp³-hybridized carbons (Fsp3) is 0.421. The fourth-order valence-electron chi connectivity index (χ4n) is 5.87. The highest BCUT2D eigenvalue weighted by molar-refractivity contribution is 5.87. The Morgan fingerprint density at radius 2 is 0.870 bits per heavy atom. The van der Waals surface area contributed by atoms with Crippen LogP contribution in [0.25, 0.3) is 33.6 Å². The van der Waals surface area contributed by atoms with E-state index in [4.69, 9.17) is 19.4 Å². The average molecular weight is 747 g/mol. The number of nitrogens with one attached hydrogen (secondary N) is 6. The largest absolute Gasteiger partial charge is 0.465 e. The molecule has 0 saturated carbocycles. The number of carbonyl (C=O) groups is 4. The normalized spacial score (nSPS) is 14.8. The van der Waals surface area contributed by atoms with E-state index in [9.17, 15) is 29.4 Å².